The second-order valence-electron chi connectivity index (χ2n) is 2.48. The molecule has 0 atom stereocenters. The molecule has 0 aliphatic carbocycles. The number of hydrogen-bond acceptors (Lipinski definition) is 4. The van der Waals surface area contributed by atoms with Gasteiger partial charge in [-0.3, -0.25) is 9.59 Å². The number of hydrogen-bond donors (Lipinski definition) is 4. The van der Waals surface area contributed by atoms with E-state index in [1.165, 1.54) is 0 Å². The molecule has 0 amide bonds. The molecule has 0 radical (unpaired) electrons. The molecule has 0 heterocycles. The Morgan fingerprint density at radius 1 is 0.938 bits per heavy atom. The van der Waals surface area contributed by atoms with Crippen molar-refractivity contribution in [2.45, 2.75) is 18.4 Å². The van der Waals surface area contributed by atoms with Gasteiger partial charge in [-0.25, -0.2) is 4.79 Å². The van der Waals surface area contributed by atoms with E-state index in [4.69, 9.17) is 20.4 Å². The summed E-state index contributed by atoms with van der Waals surface area (Å²) in [7, 11) is 0. The molecule has 4 N–H and O–H groups in total. The van der Waals surface area contributed by atoms with Gasteiger partial charge in [-0.2, -0.15) is 0 Å². The summed E-state index contributed by atoms with van der Waals surface area (Å²) in [5, 5.41) is 33.8. The van der Waals surface area contributed by atoms with Crippen LogP contribution in [0.5, 0.6) is 0 Å². The van der Waals surface area contributed by atoms with Crippen molar-refractivity contribution < 1.29 is 34.8 Å². The van der Waals surface area contributed by atoms with Crippen molar-refractivity contribution in [1.29, 1.82) is 0 Å². The number of carboxylic acids is 3. The van der Waals surface area contributed by atoms with Gasteiger partial charge < -0.3 is 20.4 Å². The van der Waals surface area contributed by atoms with Crippen molar-refractivity contribution in [3.8, 4) is 0 Å². The maximum absolute atomic E-state index is 10.3. The third-order valence-electron chi connectivity index (χ3n) is 1.29. The molecule has 0 aromatic heterocycles. The number of aliphatic carboxylic acids is 3. The Balaban J connectivity index is -0.000000240. The minimum absolute atomic E-state index is 0. The van der Waals surface area contributed by atoms with Crippen LogP contribution in [0.15, 0.2) is 0 Å². The van der Waals surface area contributed by atoms with Crippen LogP contribution >= 0.6 is 12.4 Å². The van der Waals surface area contributed by atoms with Crippen molar-refractivity contribution in [3.63, 3.8) is 0 Å². The molecule has 0 spiro atoms. The third kappa shape index (κ3) is 10.3. The summed E-state index contributed by atoms with van der Waals surface area (Å²) < 4.78 is 0. The Labute approximate surface area is 159 Å². The monoisotopic (exact) mass is 480 g/mol. The molecule has 0 saturated carbocycles. The van der Waals surface area contributed by atoms with Crippen LogP contribution < -0.4 is 0 Å². The first-order valence-corrected chi connectivity index (χ1v) is 3.17. The molecule has 0 aliphatic rings. The Bertz CT molecular complexity index is 243. The van der Waals surface area contributed by atoms with Crippen LogP contribution in [0.2, 0.25) is 0 Å². The quantitative estimate of drug-likeness (QED) is 0.316. The first-order chi connectivity index (χ1) is 5.78. The molecular weight excluding hydrogens is 468 g/mol. The second-order valence-corrected chi connectivity index (χ2v) is 2.48. The molecule has 0 rings (SSSR count). The Morgan fingerprint density at radius 2 is 1.19 bits per heavy atom. The molecule has 7 nitrogen and oxygen atoms in total. The van der Waals surface area contributed by atoms with Crippen LogP contribution in [0, 0.1) is 0 Å². The Hall–Kier alpha value is 1.18. The van der Waals surface area contributed by atoms with E-state index >= 15 is 0 Å². The summed E-state index contributed by atoms with van der Waals surface area (Å²) in [4.78, 5) is 30.5. The topological polar surface area (TPSA) is 132 Å². The normalized spacial score (nSPS) is 8.81. The molecular formula is C6H13BiClKO7. The van der Waals surface area contributed by atoms with Crippen molar-refractivity contribution in [2.24, 2.45) is 0 Å². The predicted octanol–water partition coefficient (Wildman–Crippen LogP) is -2.66. The summed E-state index contributed by atoms with van der Waals surface area (Å²) in [6, 6.07) is 0. The van der Waals surface area contributed by atoms with E-state index in [1.807, 2.05) is 0 Å². The zero-order valence-electron chi connectivity index (χ0n) is 7.54. The van der Waals surface area contributed by atoms with Crippen LogP contribution in [0.3, 0.4) is 0 Å². The zero-order chi connectivity index (χ0) is 10.6. The van der Waals surface area contributed by atoms with Gasteiger partial charge in [0.1, 0.15) is 0 Å². The summed E-state index contributed by atoms with van der Waals surface area (Å²) in [5.41, 5.74) is -2.74. The number of carbonyl (C=O) groups is 3. The van der Waals surface area contributed by atoms with Crippen molar-refractivity contribution in [2.75, 3.05) is 0 Å². The zero-order valence-corrected chi connectivity index (χ0v) is 13.9. The van der Waals surface area contributed by atoms with E-state index in [2.05, 4.69) is 0 Å². The first-order valence-electron chi connectivity index (χ1n) is 3.17. The van der Waals surface area contributed by atoms with E-state index in [0.717, 1.165) is 0 Å². The van der Waals surface area contributed by atoms with E-state index < -0.39 is 36.4 Å². The van der Waals surface area contributed by atoms with Crippen molar-refractivity contribution in [1.82, 2.24) is 0 Å². The summed E-state index contributed by atoms with van der Waals surface area (Å²) >= 11 is 0. The van der Waals surface area contributed by atoms with Gasteiger partial charge in [0.2, 0.25) is 0 Å². The second kappa shape index (κ2) is 11.3. The van der Waals surface area contributed by atoms with Crippen molar-refractivity contribution >= 4 is 108 Å². The molecule has 10 heteroatoms. The number of carboxylic acid groups (broad SMARTS) is 3. The number of rotatable bonds is 5. The average Bonchev–Trinajstić information content (AvgIpc) is 1.82. The molecule has 0 aliphatic heterocycles. The van der Waals surface area contributed by atoms with Gasteiger partial charge in [0.05, 0.1) is 12.8 Å². The number of halogens is 1. The van der Waals surface area contributed by atoms with Gasteiger partial charge in [-0.05, 0) is 0 Å². The van der Waals surface area contributed by atoms with E-state index in [-0.39, 0.29) is 90.0 Å². The first kappa shape index (κ1) is 25.9. The van der Waals surface area contributed by atoms with E-state index in [9.17, 15) is 14.4 Å². The minimum atomic E-state index is -2.74. The van der Waals surface area contributed by atoms with Crippen LogP contribution in [-0.4, -0.2) is 122 Å². The third-order valence-corrected chi connectivity index (χ3v) is 1.29. The van der Waals surface area contributed by atoms with Gasteiger partial charge >= 0.3 is 95.5 Å². The van der Waals surface area contributed by atoms with Gasteiger partial charge in [0.25, 0.3) is 0 Å². The molecule has 0 aromatic carbocycles. The fourth-order valence-electron chi connectivity index (χ4n) is 0.714. The van der Waals surface area contributed by atoms with Gasteiger partial charge in [0.15, 0.2) is 5.60 Å². The molecule has 0 unspecified atom stereocenters. The van der Waals surface area contributed by atoms with Crippen LogP contribution in [0.4, 0.5) is 0 Å². The molecule has 0 saturated heterocycles. The average molecular weight is 481 g/mol. The predicted molar refractivity (Wildman–Crippen MR) is 61.4 cm³/mol. The maximum atomic E-state index is 10.3. The summed E-state index contributed by atoms with van der Waals surface area (Å²) in [6.07, 6.45) is -2.29. The van der Waals surface area contributed by atoms with Gasteiger partial charge in [-0.15, -0.1) is 12.4 Å². The van der Waals surface area contributed by atoms with Crippen LogP contribution in [0.25, 0.3) is 0 Å². The van der Waals surface area contributed by atoms with E-state index in [0.29, 0.717) is 0 Å². The van der Waals surface area contributed by atoms with Crippen LogP contribution in [0.1, 0.15) is 12.8 Å². The van der Waals surface area contributed by atoms with E-state index in [1.54, 1.807) is 0 Å². The Morgan fingerprint density at radius 3 is 1.31 bits per heavy atom. The fraction of sp³-hybridized carbons (Fsp3) is 0.500. The molecule has 0 aromatic rings. The van der Waals surface area contributed by atoms with Gasteiger partial charge in [0, 0.05) is 0 Å². The van der Waals surface area contributed by atoms with Gasteiger partial charge in [-0.1, -0.05) is 0 Å². The van der Waals surface area contributed by atoms with Crippen LogP contribution in [-0.2, 0) is 14.4 Å². The molecule has 0 bridgehead atoms. The summed E-state index contributed by atoms with van der Waals surface area (Å²) in [5.74, 6) is -5.02. The molecule has 92 valence electrons. The summed E-state index contributed by atoms with van der Waals surface area (Å²) in [6.45, 7) is 0. The SMILES string of the molecule is Cl.O=C(O)CC(O)(CC(=O)O)C(=O)O.[BiH3].[KH]. The Kier molecular flexibility index (Phi) is 18.3. The standard InChI is InChI=1S/C6H8O7.Bi.ClH.K.4H/c7-3(8)1-6(13,5(11)12)2-4(9)10;;;;;;;/h13H,1-2H2,(H,7,8)(H,9,10)(H,11,12);;1H;;;;;. The number of aliphatic hydroxyl groups is 1. The van der Waals surface area contributed by atoms with Crippen molar-refractivity contribution in [3.05, 3.63) is 0 Å². The fourth-order valence-corrected chi connectivity index (χ4v) is 0.714. The molecule has 16 heavy (non-hydrogen) atoms. The molecule has 0 fully saturated rings.